The van der Waals surface area contributed by atoms with Crippen molar-refractivity contribution < 1.29 is 0 Å². The number of hydrogen-bond donors (Lipinski definition) is 0. The van der Waals surface area contributed by atoms with Crippen molar-refractivity contribution in [1.29, 1.82) is 0 Å². The van der Waals surface area contributed by atoms with Gasteiger partial charge in [0.25, 0.3) is 0 Å². The van der Waals surface area contributed by atoms with Gasteiger partial charge in [-0.2, -0.15) is 0 Å². The van der Waals surface area contributed by atoms with E-state index in [2.05, 4.69) is 177 Å². The SMILES string of the molecule is C=C(N=C(N=C(C)c1ccccc1)c1ccc(C(c2ccc(C)cc2)c2ccc(-c3nc(C4=CCCCCC4)nc(-c4cccc5ccccc45)n3)cc2)cc1)c1cccc2c1C=CCC2. The van der Waals surface area contributed by atoms with Crippen molar-refractivity contribution in [3.63, 3.8) is 0 Å². The van der Waals surface area contributed by atoms with Gasteiger partial charge in [-0.25, -0.2) is 24.9 Å². The molecule has 5 heteroatoms. The van der Waals surface area contributed by atoms with Gasteiger partial charge in [-0.1, -0.05) is 201 Å². The van der Waals surface area contributed by atoms with Crippen LogP contribution in [-0.4, -0.2) is 26.5 Å². The Balaban J connectivity index is 1.03. The molecule has 2 aliphatic carbocycles. The van der Waals surface area contributed by atoms with Crippen LogP contribution in [0.15, 0.2) is 193 Å². The molecule has 0 spiro atoms. The summed E-state index contributed by atoms with van der Waals surface area (Å²) in [5.74, 6) is 2.76. The predicted molar refractivity (Wildman–Crippen MR) is 276 cm³/mol. The lowest BCUT2D eigenvalue weighted by molar-refractivity contribution is 0.719. The minimum Gasteiger partial charge on any atom is -0.233 e. The zero-order valence-electron chi connectivity index (χ0n) is 37.8. The normalized spacial score (nSPS) is 14.6. The molecule has 0 bridgehead atoms. The van der Waals surface area contributed by atoms with E-state index in [-0.39, 0.29) is 5.92 Å². The molecule has 0 radical (unpaired) electrons. The summed E-state index contributed by atoms with van der Waals surface area (Å²) in [4.78, 5) is 25.9. The summed E-state index contributed by atoms with van der Waals surface area (Å²) in [6.45, 7) is 8.68. The van der Waals surface area contributed by atoms with Crippen molar-refractivity contribution in [3.8, 4) is 22.8 Å². The number of rotatable bonds is 10. The monoisotopic (exact) mass is 855 g/mol. The number of benzene rings is 7. The molecule has 0 aliphatic heterocycles. The largest absolute Gasteiger partial charge is 0.233 e. The molecule has 10 rings (SSSR count). The number of aliphatic imine (C=N–C) groups is 2. The predicted octanol–water partition coefficient (Wildman–Crippen LogP) is 15.1. The van der Waals surface area contributed by atoms with Gasteiger partial charge in [0.2, 0.25) is 0 Å². The van der Waals surface area contributed by atoms with Crippen LogP contribution < -0.4 is 0 Å². The molecule has 1 unspecified atom stereocenters. The molecule has 66 heavy (non-hydrogen) atoms. The molecule has 1 atom stereocenters. The molecule has 0 saturated heterocycles. The van der Waals surface area contributed by atoms with Gasteiger partial charge < -0.3 is 0 Å². The molecule has 7 aromatic carbocycles. The lowest BCUT2D eigenvalue weighted by atomic mass is 9.84. The van der Waals surface area contributed by atoms with E-state index in [1.54, 1.807) is 0 Å². The maximum atomic E-state index is 5.19. The average molecular weight is 856 g/mol. The van der Waals surface area contributed by atoms with Gasteiger partial charge >= 0.3 is 0 Å². The van der Waals surface area contributed by atoms with Crippen molar-refractivity contribution >= 4 is 39.7 Å². The first-order chi connectivity index (χ1) is 32.4. The summed E-state index contributed by atoms with van der Waals surface area (Å²) in [6.07, 6.45) is 14.4. The van der Waals surface area contributed by atoms with Gasteiger partial charge in [0, 0.05) is 33.9 Å². The highest BCUT2D eigenvalue weighted by Gasteiger charge is 2.21. The van der Waals surface area contributed by atoms with Gasteiger partial charge in [-0.15, -0.1) is 0 Å². The van der Waals surface area contributed by atoms with E-state index in [1.165, 1.54) is 57.2 Å². The van der Waals surface area contributed by atoms with Crippen molar-refractivity contribution in [2.24, 2.45) is 9.98 Å². The van der Waals surface area contributed by atoms with Crippen LogP contribution in [0.4, 0.5) is 0 Å². The molecule has 0 amide bonds. The summed E-state index contributed by atoms with van der Waals surface area (Å²) in [5, 5.41) is 2.30. The van der Waals surface area contributed by atoms with Crippen LogP contribution in [0, 0.1) is 6.92 Å². The second kappa shape index (κ2) is 19.2. The Morgan fingerprint density at radius 1 is 0.576 bits per heavy atom. The first-order valence-electron chi connectivity index (χ1n) is 23.3. The highest BCUT2D eigenvalue weighted by atomic mass is 15.0. The molecular weight excluding hydrogens is 803 g/mol. The van der Waals surface area contributed by atoms with E-state index in [4.69, 9.17) is 24.9 Å². The van der Waals surface area contributed by atoms with Crippen molar-refractivity contribution in [3.05, 3.63) is 238 Å². The third-order valence-electron chi connectivity index (χ3n) is 13.0. The number of nitrogens with zero attached hydrogens (tertiary/aromatic N) is 5. The van der Waals surface area contributed by atoms with E-state index in [1.807, 2.05) is 25.1 Å². The maximum absolute atomic E-state index is 5.19. The van der Waals surface area contributed by atoms with E-state index >= 15 is 0 Å². The Labute approximate surface area is 388 Å². The highest BCUT2D eigenvalue weighted by molar-refractivity contribution is 6.12. The van der Waals surface area contributed by atoms with Crippen LogP contribution in [-0.2, 0) is 6.42 Å². The zero-order chi connectivity index (χ0) is 44.8. The minimum absolute atomic E-state index is 0.0300. The Morgan fingerprint density at radius 2 is 1.26 bits per heavy atom. The standard InChI is InChI=1S/C61H53N5/c1-41-29-31-47(32-30-41)57(48-33-37-51(38-34-48)58(62-42(2)44-17-9-6-10-18-44)63-43(3)53-27-15-23-45-19-11-13-25-54(45)53)49-35-39-52(40-36-49)60-64-59(50-21-7-4-5-8-22-50)65-61(66-60)56-28-16-24-46-20-12-14-26-55(46)56/h6,9-10,12-18,20-21,23-40,57H,3-5,7-8,11,19,22H2,1-2H3. The third kappa shape index (κ3) is 9.16. The van der Waals surface area contributed by atoms with Gasteiger partial charge in [0.15, 0.2) is 23.3 Å². The fraction of sp³-hybridized carbons (Fsp3) is 0.164. The van der Waals surface area contributed by atoms with Gasteiger partial charge in [0.1, 0.15) is 0 Å². The molecule has 1 aromatic heterocycles. The van der Waals surface area contributed by atoms with Crippen LogP contribution >= 0.6 is 0 Å². The van der Waals surface area contributed by atoms with Gasteiger partial charge in [0.05, 0.1) is 5.70 Å². The summed E-state index contributed by atoms with van der Waals surface area (Å²) in [5.41, 5.74) is 15.1. The van der Waals surface area contributed by atoms with Crippen molar-refractivity contribution in [2.45, 2.75) is 64.7 Å². The zero-order valence-corrected chi connectivity index (χ0v) is 37.8. The topological polar surface area (TPSA) is 63.4 Å². The van der Waals surface area contributed by atoms with Crippen LogP contribution in [0.1, 0.15) is 107 Å². The van der Waals surface area contributed by atoms with Crippen LogP contribution in [0.5, 0.6) is 0 Å². The molecule has 0 N–H and O–H groups in total. The van der Waals surface area contributed by atoms with Crippen LogP contribution in [0.2, 0.25) is 0 Å². The lowest BCUT2D eigenvalue weighted by Crippen LogP contribution is -2.07. The lowest BCUT2D eigenvalue weighted by Gasteiger charge is -2.20. The molecular formula is C61H53N5. The van der Waals surface area contributed by atoms with E-state index < -0.39 is 0 Å². The first-order valence-corrected chi connectivity index (χ1v) is 23.3. The third-order valence-corrected chi connectivity index (χ3v) is 13.0. The minimum atomic E-state index is -0.0300. The molecule has 0 saturated carbocycles. The second-order valence-electron chi connectivity index (χ2n) is 17.5. The Morgan fingerprint density at radius 3 is 2.06 bits per heavy atom. The summed E-state index contributed by atoms with van der Waals surface area (Å²) in [6, 6.07) is 58.0. The Kier molecular flexibility index (Phi) is 12.3. The number of aromatic nitrogens is 3. The molecule has 322 valence electrons. The number of fused-ring (bicyclic) bond motifs is 2. The second-order valence-corrected chi connectivity index (χ2v) is 17.5. The summed E-state index contributed by atoms with van der Waals surface area (Å²) < 4.78 is 0. The number of hydrogen-bond acceptors (Lipinski definition) is 4. The van der Waals surface area contributed by atoms with Crippen LogP contribution in [0.25, 0.3) is 50.9 Å². The van der Waals surface area contributed by atoms with Crippen molar-refractivity contribution in [1.82, 2.24) is 15.0 Å². The van der Waals surface area contributed by atoms with E-state index in [9.17, 15) is 0 Å². The molecule has 2 aliphatic rings. The maximum Gasteiger partial charge on any atom is 0.164 e. The molecule has 8 aromatic rings. The van der Waals surface area contributed by atoms with Gasteiger partial charge in [-0.05, 0) is 102 Å². The number of amidine groups is 1. The van der Waals surface area contributed by atoms with E-state index in [0.717, 1.165) is 76.8 Å². The van der Waals surface area contributed by atoms with E-state index in [0.29, 0.717) is 23.2 Å². The summed E-state index contributed by atoms with van der Waals surface area (Å²) >= 11 is 0. The van der Waals surface area contributed by atoms with Gasteiger partial charge in [-0.3, -0.25) is 0 Å². The Hall–Kier alpha value is -7.63. The fourth-order valence-corrected chi connectivity index (χ4v) is 9.36. The molecule has 0 fully saturated rings. The highest BCUT2D eigenvalue weighted by Crippen LogP contribution is 2.36. The number of allylic oxidation sites excluding steroid dienone is 3. The summed E-state index contributed by atoms with van der Waals surface area (Å²) in [7, 11) is 0. The first kappa shape index (κ1) is 42.3. The Bertz CT molecular complexity index is 3170. The fourth-order valence-electron chi connectivity index (χ4n) is 9.36. The van der Waals surface area contributed by atoms with Crippen LogP contribution in [0.3, 0.4) is 0 Å². The van der Waals surface area contributed by atoms with Crippen molar-refractivity contribution in [2.75, 3.05) is 0 Å². The average Bonchev–Trinajstić information content (AvgIpc) is 3.67. The number of aryl methyl sites for hydroxylation is 2. The molecule has 1 heterocycles. The quantitative estimate of drug-likeness (QED) is 0.0782. The molecule has 5 nitrogen and oxygen atoms in total. The smallest absolute Gasteiger partial charge is 0.164 e.